The fourth-order valence-corrected chi connectivity index (χ4v) is 2.56. The van der Waals surface area contributed by atoms with E-state index in [1.165, 1.54) is 7.11 Å². The maximum absolute atomic E-state index is 11.9. The fraction of sp³-hybridized carbons (Fsp3) is 0.158. The average Bonchev–Trinajstić information content (AvgIpc) is 2.60. The van der Waals surface area contributed by atoms with Crippen LogP contribution >= 0.6 is 0 Å². The molecule has 0 fully saturated rings. The first-order valence-electron chi connectivity index (χ1n) is 7.26. The molecule has 0 aliphatic carbocycles. The number of methoxy groups -OCH3 is 2. The summed E-state index contributed by atoms with van der Waals surface area (Å²) < 4.78 is 10.0. The number of carbonyl (C=O) groups is 1. The molecule has 0 atom stereocenters. The Bertz CT molecular complexity index is 870. The maximum atomic E-state index is 11.9. The van der Waals surface area contributed by atoms with E-state index in [2.05, 4.69) is 11.1 Å². The third-order valence-electron chi connectivity index (χ3n) is 3.76. The molecule has 0 amide bonds. The first-order valence-corrected chi connectivity index (χ1v) is 7.26. The molecule has 0 spiro atoms. The van der Waals surface area contributed by atoms with Crippen LogP contribution in [0.1, 0.15) is 16.1 Å². The minimum Gasteiger partial charge on any atom is -0.497 e. The van der Waals surface area contributed by atoms with Gasteiger partial charge in [0.1, 0.15) is 11.4 Å². The predicted octanol–water partition coefficient (Wildman–Crippen LogP) is 4.01. The van der Waals surface area contributed by atoms with E-state index >= 15 is 0 Å². The van der Waals surface area contributed by atoms with Crippen molar-refractivity contribution < 1.29 is 14.3 Å². The number of nitrogens with zero attached hydrogens (tertiary/aromatic N) is 1. The summed E-state index contributed by atoms with van der Waals surface area (Å²) in [5, 5.41) is 1.00. The zero-order chi connectivity index (χ0) is 16.4. The van der Waals surface area contributed by atoms with Gasteiger partial charge in [-0.1, -0.05) is 23.8 Å². The van der Waals surface area contributed by atoms with Crippen LogP contribution in [0.3, 0.4) is 0 Å². The summed E-state index contributed by atoms with van der Waals surface area (Å²) in [5.74, 6) is 0.346. The summed E-state index contributed by atoms with van der Waals surface area (Å²) in [7, 11) is 2.99. The SMILES string of the molecule is COC(=O)c1cc(-c2ccc(OC)cc2)c2cc(C)ccc2n1. The summed E-state index contributed by atoms with van der Waals surface area (Å²) >= 11 is 0. The molecule has 0 saturated heterocycles. The molecule has 0 radical (unpaired) electrons. The first kappa shape index (κ1) is 15.0. The summed E-state index contributed by atoms with van der Waals surface area (Å²) in [4.78, 5) is 16.3. The third kappa shape index (κ3) is 2.88. The number of aromatic nitrogens is 1. The number of rotatable bonds is 3. The van der Waals surface area contributed by atoms with Gasteiger partial charge in [-0.3, -0.25) is 0 Å². The van der Waals surface area contributed by atoms with Gasteiger partial charge >= 0.3 is 5.97 Å². The molecule has 3 aromatic rings. The van der Waals surface area contributed by atoms with E-state index in [0.29, 0.717) is 5.69 Å². The summed E-state index contributed by atoms with van der Waals surface area (Å²) in [5.41, 5.74) is 4.15. The molecule has 3 rings (SSSR count). The van der Waals surface area contributed by atoms with Crippen LogP contribution in [-0.4, -0.2) is 25.2 Å². The summed E-state index contributed by atoms with van der Waals surface area (Å²) in [6.45, 7) is 2.03. The topological polar surface area (TPSA) is 48.4 Å². The fourth-order valence-electron chi connectivity index (χ4n) is 2.56. The number of ether oxygens (including phenoxy) is 2. The van der Waals surface area contributed by atoms with Crippen LogP contribution in [0.15, 0.2) is 48.5 Å². The van der Waals surface area contributed by atoms with E-state index in [1.54, 1.807) is 13.2 Å². The Morgan fingerprint density at radius 1 is 1.00 bits per heavy atom. The molecular weight excluding hydrogens is 290 g/mol. The van der Waals surface area contributed by atoms with Gasteiger partial charge in [0.15, 0.2) is 0 Å². The van der Waals surface area contributed by atoms with Crippen molar-refractivity contribution >= 4 is 16.9 Å². The summed E-state index contributed by atoms with van der Waals surface area (Å²) in [6, 6.07) is 15.5. The largest absolute Gasteiger partial charge is 0.497 e. The quantitative estimate of drug-likeness (QED) is 0.686. The van der Waals surface area contributed by atoms with Gasteiger partial charge < -0.3 is 9.47 Å². The zero-order valence-corrected chi connectivity index (χ0v) is 13.3. The van der Waals surface area contributed by atoms with Crippen molar-refractivity contribution in [2.75, 3.05) is 14.2 Å². The molecular formula is C19H17NO3. The number of pyridine rings is 1. The van der Waals surface area contributed by atoms with Crippen molar-refractivity contribution in [3.63, 3.8) is 0 Å². The van der Waals surface area contributed by atoms with Crippen LogP contribution in [-0.2, 0) is 4.74 Å². The number of fused-ring (bicyclic) bond motifs is 1. The van der Waals surface area contributed by atoms with Gasteiger partial charge in [0.05, 0.1) is 19.7 Å². The molecule has 0 aliphatic heterocycles. The molecule has 0 N–H and O–H groups in total. The second-order valence-corrected chi connectivity index (χ2v) is 5.30. The van der Waals surface area contributed by atoms with Crippen LogP contribution in [0.25, 0.3) is 22.0 Å². The van der Waals surface area contributed by atoms with Crippen LogP contribution in [0.5, 0.6) is 5.75 Å². The van der Waals surface area contributed by atoms with Gasteiger partial charge in [0, 0.05) is 5.39 Å². The van der Waals surface area contributed by atoms with Crippen molar-refractivity contribution in [3.05, 3.63) is 59.8 Å². The lowest BCUT2D eigenvalue weighted by atomic mass is 9.98. The third-order valence-corrected chi connectivity index (χ3v) is 3.76. The predicted molar refractivity (Wildman–Crippen MR) is 89.8 cm³/mol. The molecule has 4 heteroatoms. The molecule has 116 valence electrons. The highest BCUT2D eigenvalue weighted by molar-refractivity contribution is 5.99. The van der Waals surface area contributed by atoms with Gasteiger partial charge in [0.25, 0.3) is 0 Å². The Morgan fingerprint density at radius 2 is 1.74 bits per heavy atom. The standard InChI is InChI=1S/C19H17NO3/c1-12-4-9-17-16(10-12)15(11-18(20-17)19(21)23-3)13-5-7-14(22-2)8-6-13/h4-11H,1-3H3. The molecule has 4 nitrogen and oxygen atoms in total. The normalized spacial score (nSPS) is 10.6. The van der Waals surface area contributed by atoms with Crippen molar-refractivity contribution in [3.8, 4) is 16.9 Å². The van der Waals surface area contributed by atoms with E-state index in [9.17, 15) is 4.79 Å². The average molecular weight is 307 g/mol. The van der Waals surface area contributed by atoms with Crippen molar-refractivity contribution in [2.45, 2.75) is 6.92 Å². The van der Waals surface area contributed by atoms with E-state index in [4.69, 9.17) is 9.47 Å². The highest BCUT2D eigenvalue weighted by Crippen LogP contribution is 2.30. The van der Waals surface area contributed by atoms with Crippen molar-refractivity contribution in [2.24, 2.45) is 0 Å². The number of esters is 1. The first-order chi connectivity index (χ1) is 11.1. The van der Waals surface area contributed by atoms with Crippen LogP contribution < -0.4 is 4.74 Å². The maximum Gasteiger partial charge on any atom is 0.356 e. The lowest BCUT2D eigenvalue weighted by Crippen LogP contribution is -2.05. The van der Waals surface area contributed by atoms with Gasteiger partial charge in [-0.05, 0) is 48.4 Å². The molecule has 23 heavy (non-hydrogen) atoms. The molecule has 0 saturated carbocycles. The number of aryl methyl sites for hydroxylation is 1. The Balaban J connectivity index is 2.26. The van der Waals surface area contributed by atoms with E-state index in [0.717, 1.165) is 33.3 Å². The Labute approximate surface area is 134 Å². The van der Waals surface area contributed by atoms with Gasteiger partial charge in [-0.2, -0.15) is 0 Å². The number of benzene rings is 2. The van der Waals surface area contributed by atoms with Crippen LogP contribution in [0.2, 0.25) is 0 Å². The van der Waals surface area contributed by atoms with Crippen LogP contribution in [0, 0.1) is 6.92 Å². The molecule has 2 aromatic carbocycles. The number of carbonyl (C=O) groups excluding carboxylic acids is 1. The Kier molecular flexibility index (Phi) is 3.98. The smallest absolute Gasteiger partial charge is 0.356 e. The minimum atomic E-state index is -0.442. The van der Waals surface area contributed by atoms with E-state index in [1.807, 2.05) is 43.3 Å². The highest BCUT2D eigenvalue weighted by atomic mass is 16.5. The molecule has 0 unspecified atom stereocenters. The minimum absolute atomic E-state index is 0.301. The molecule has 0 aliphatic rings. The molecule has 1 aromatic heterocycles. The Morgan fingerprint density at radius 3 is 2.39 bits per heavy atom. The van der Waals surface area contributed by atoms with Crippen molar-refractivity contribution in [1.29, 1.82) is 0 Å². The lowest BCUT2D eigenvalue weighted by Gasteiger charge is -2.10. The summed E-state index contributed by atoms with van der Waals surface area (Å²) in [6.07, 6.45) is 0. The number of hydrogen-bond donors (Lipinski definition) is 0. The zero-order valence-electron chi connectivity index (χ0n) is 13.3. The van der Waals surface area contributed by atoms with Gasteiger partial charge in [-0.25, -0.2) is 9.78 Å². The second kappa shape index (κ2) is 6.08. The monoisotopic (exact) mass is 307 g/mol. The lowest BCUT2D eigenvalue weighted by molar-refractivity contribution is 0.0594. The van der Waals surface area contributed by atoms with E-state index in [-0.39, 0.29) is 0 Å². The molecule has 1 heterocycles. The Hall–Kier alpha value is -2.88. The van der Waals surface area contributed by atoms with Gasteiger partial charge in [-0.15, -0.1) is 0 Å². The van der Waals surface area contributed by atoms with Gasteiger partial charge in [0.2, 0.25) is 0 Å². The molecule has 0 bridgehead atoms. The van der Waals surface area contributed by atoms with Crippen LogP contribution in [0.4, 0.5) is 0 Å². The highest BCUT2D eigenvalue weighted by Gasteiger charge is 2.13. The van der Waals surface area contributed by atoms with Crippen molar-refractivity contribution in [1.82, 2.24) is 4.98 Å². The van der Waals surface area contributed by atoms with E-state index < -0.39 is 5.97 Å². The number of hydrogen-bond acceptors (Lipinski definition) is 4. The second-order valence-electron chi connectivity index (χ2n) is 5.30.